The number of ether oxygens (including phenoxy) is 1. The Hall–Kier alpha value is -3.04. The molecule has 0 aliphatic carbocycles. The number of anilines is 1. The number of aromatic nitrogens is 1. The van der Waals surface area contributed by atoms with Crippen LogP contribution in [0.4, 0.5) is 5.13 Å². The van der Waals surface area contributed by atoms with Crippen molar-refractivity contribution in [1.82, 2.24) is 10.3 Å². The summed E-state index contributed by atoms with van der Waals surface area (Å²) in [4.78, 5) is 33.4. The van der Waals surface area contributed by atoms with Crippen LogP contribution >= 0.6 is 11.3 Å². The fourth-order valence-corrected chi connectivity index (χ4v) is 4.08. The van der Waals surface area contributed by atoms with E-state index in [9.17, 15) is 9.59 Å². The maximum Gasteiger partial charge on any atom is 0.255 e. The molecule has 0 bridgehead atoms. The minimum absolute atomic E-state index is 0.196. The summed E-state index contributed by atoms with van der Waals surface area (Å²) in [5.41, 5.74) is 8.91. The van der Waals surface area contributed by atoms with Gasteiger partial charge in [-0.3, -0.25) is 14.6 Å². The highest BCUT2D eigenvalue weighted by Crippen LogP contribution is 2.25. The van der Waals surface area contributed by atoms with Gasteiger partial charge in [0.15, 0.2) is 5.13 Å². The molecule has 1 aromatic heterocycles. The maximum absolute atomic E-state index is 12.3. The number of benzene rings is 1. The van der Waals surface area contributed by atoms with E-state index < -0.39 is 5.91 Å². The molecule has 0 aliphatic heterocycles. The number of aryl methyl sites for hydroxylation is 1. The van der Waals surface area contributed by atoms with Crippen molar-refractivity contribution in [3.8, 4) is 11.3 Å². The highest BCUT2D eigenvalue weighted by atomic mass is 32.1. The maximum atomic E-state index is 12.3. The largest absolute Gasteiger partial charge is 0.404 e. The second-order valence-electron chi connectivity index (χ2n) is 10.5. The first-order chi connectivity index (χ1) is 19.4. The van der Waals surface area contributed by atoms with Gasteiger partial charge in [0.2, 0.25) is 5.91 Å². The molecule has 0 radical (unpaired) electrons. The molecule has 0 aliphatic rings. The van der Waals surface area contributed by atoms with Crippen LogP contribution in [0.25, 0.3) is 11.3 Å². The first-order valence-electron chi connectivity index (χ1n) is 14.6. The van der Waals surface area contributed by atoms with E-state index in [-0.39, 0.29) is 23.6 Å². The van der Waals surface area contributed by atoms with Crippen molar-refractivity contribution in [2.24, 2.45) is 16.6 Å². The van der Waals surface area contributed by atoms with Crippen molar-refractivity contribution in [2.45, 2.75) is 94.0 Å². The number of nitrogens with two attached hydrogens (primary N) is 1. The van der Waals surface area contributed by atoms with E-state index >= 15 is 0 Å². The van der Waals surface area contributed by atoms with E-state index in [1.807, 2.05) is 71.2 Å². The van der Waals surface area contributed by atoms with E-state index in [0.29, 0.717) is 10.8 Å². The average Bonchev–Trinajstić information content (AvgIpc) is 3.39. The molecular weight excluding hydrogens is 534 g/mol. The van der Waals surface area contributed by atoms with Crippen LogP contribution in [0.2, 0.25) is 0 Å². The summed E-state index contributed by atoms with van der Waals surface area (Å²) in [6, 6.07) is 7.98. The van der Waals surface area contributed by atoms with Gasteiger partial charge in [0.1, 0.15) is 0 Å². The molecule has 2 aromatic rings. The molecule has 1 atom stereocenters. The smallest absolute Gasteiger partial charge is 0.255 e. The van der Waals surface area contributed by atoms with Gasteiger partial charge in [-0.15, -0.1) is 11.3 Å². The standard InChI is InChI=1S/C21H27N5O2S.C9H20O.C2H6/c1-13-7-6-8-15(9-13)17-12-29-20(24-17)25-18(27)11-23-19(28)16(10-22)14(2)26-21(3,4)5;1-4-7-10-8-6-9(3)5-2;1-2/h6-10,12H,11,22H2,1-5H3,(H,23,28)(H,24,25,27);9H,4-8H2,1-3H3;1-2H3/b16-10+,26-14?;;. The Balaban J connectivity index is 0.00000113. The molecule has 0 spiro atoms. The number of hydrogen-bond acceptors (Lipinski definition) is 7. The van der Waals surface area contributed by atoms with Crippen LogP contribution in [0, 0.1) is 12.8 Å². The lowest BCUT2D eigenvalue weighted by Crippen LogP contribution is -2.35. The lowest BCUT2D eigenvalue weighted by molar-refractivity contribution is -0.121. The summed E-state index contributed by atoms with van der Waals surface area (Å²) < 4.78 is 5.36. The van der Waals surface area contributed by atoms with E-state index in [1.165, 1.54) is 30.4 Å². The number of carbonyl (C=O) groups is 2. The molecule has 9 heteroatoms. The number of hydrogen-bond donors (Lipinski definition) is 3. The third kappa shape index (κ3) is 16.7. The third-order valence-corrected chi connectivity index (χ3v) is 6.34. The van der Waals surface area contributed by atoms with Crippen LogP contribution in [-0.4, -0.2) is 47.8 Å². The summed E-state index contributed by atoms with van der Waals surface area (Å²) in [6.45, 7) is 21.8. The van der Waals surface area contributed by atoms with Gasteiger partial charge >= 0.3 is 0 Å². The fourth-order valence-electron chi connectivity index (χ4n) is 3.35. The highest BCUT2D eigenvalue weighted by molar-refractivity contribution is 7.14. The number of nitrogens with one attached hydrogen (secondary N) is 2. The predicted molar refractivity (Wildman–Crippen MR) is 176 cm³/mol. The summed E-state index contributed by atoms with van der Waals surface area (Å²) in [5, 5.41) is 7.61. The molecule has 1 aromatic carbocycles. The number of rotatable bonds is 12. The Morgan fingerprint density at radius 1 is 1.20 bits per heavy atom. The van der Waals surface area contributed by atoms with Crippen LogP contribution in [0.5, 0.6) is 0 Å². The molecule has 0 saturated carbocycles. The first-order valence-corrected chi connectivity index (χ1v) is 15.4. The summed E-state index contributed by atoms with van der Waals surface area (Å²) in [6.07, 6.45) is 4.83. The zero-order chi connectivity index (χ0) is 31.4. The van der Waals surface area contributed by atoms with E-state index in [4.69, 9.17) is 10.5 Å². The van der Waals surface area contributed by atoms with Crippen molar-refractivity contribution in [3.63, 3.8) is 0 Å². The Bertz CT molecular complexity index is 1100. The van der Waals surface area contributed by atoms with Crippen molar-refractivity contribution in [3.05, 3.63) is 47.0 Å². The van der Waals surface area contributed by atoms with Gasteiger partial charge in [0, 0.05) is 36.1 Å². The molecule has 230 valence electrons. The average molecular weight is 588 g/mol. The van der Waals surface area contributed by atoms with Crippen LogP contribution in [0.15, 0.2) is 46.4 Å². The molecule has 0 saturated heterocycles. The summed E-state index contributed by atoms with van der Waals surface area (Å²) in [7, 11) is 0. The van der Waals surface area contributed by atoms with Crippen molar-refractivity contribution < 1.29 is 14.3 Å². The predicted octanol–water partition coefficient (Wildman–Crippen LogP) is 7.15. The van der Waals surface area contributed by atoms with Gasteiger partial charge in [-0.1, -0.05) is 64.8 Å². The first kappa shape index (κ1) is 38.0. The van der Waals surface area contributed by atoms with Crippen LogP contribution < -0.4 is 16.4 Å². The Labute approximate surface area is 252 Å². The number of aliphatic imine (C=N–C) groups is 1. The van der Waals surface area contributed by atoms with Crippen molar-refractivity contribution >= 4 is 34.0 Å². The topological polar surface area (TPSA) is 119 Å². The van der Waals surface area contributed by atoms with E-state index in [2.05, 4.69) is 41.4 Å². The molecule has 8 nitrogen and oxygen atoms in total. The van der Waals surface area contributed by atoms with Crippen LogP contribution in [0.3, 0.4) is 0 Å². The molecule has 41 heavy (non-hydrogen) atoms. The minimum Gasteiger partial charge on any atom is -0.404 e. The summed E-state index contributed by atoms with van der Waals surface area (Å²) in [5.74, 6) is 0.00914. The van der Waals surface area contributed by atoms with E-state index in [0.717, 1.165) is 42.4 Å². The summed E-state index contributed by atoms with van der Waals surface area (Å²) >= 11 is 1.33. The lowest BCUT2D eigenvalue weighted by atomic mass is 10.1. The van der Waals surface area contributed by atoms with Gasteiger partial charge in [-0.25, -0.2) is 4.98 Å². The Morgan fingerprint density at radius 2 is 1.88 bits per heavy atom. The van der Waals surface area contributed by atoms with Crippen molar-refractivity contribution in [2.75, 3.05) is 25.1 Å². The number of thiazole rings is 1. The van der Waals surface area contributed by atoms with Gasteiger partial charge < -0.3 is 21.1 Å². The molecule has 1 unspecified atom stereocenters. The monoisotopic (exact) mass is 587 g/mol. The second kappa shape index (κ2) is 20.8. The minimum atomic E-state index is -0.451. The molecule has 2 rings (SSSR count). The third-order valence-electron chi connectivity index (χ3n) is 5.58. The highest BCUT2D eigenvalue weighted by Gasteiger charge is 2.17. The number of carbonyl (C=O) groups excluding carboxylic acids is 2. The fraction of sp³-hybridized carbons (Fsp3) is 0.562. The Morgan fingerprint density at radius 3 is 2.44 bits per heavy atom. The molecule has 0 fully saturated rings. The normalized spacial score (nSPS) is 12.3. The molecular formula is C32H53N5O3S. The lowest BCUT2D eigenvalue weighted by Gasteiger charge is -2.15. The van der Waals surface area contributed by atoms with Gasteiger partial charge in [0.25, 0.3) is 5.91 Å². The number of amides is 2. The SMILES string of the molecule is CC.CC(=NC(C)(C)C)/C(=C\N)C(=O)NCC(=O)Nc1nc(-c2cccc(C)c2)cs1.CCCOCCC(C)CC. The number of nitrogens with zero attached hydrogens (tertiary/aromatic N) is 2. The van der Waals surface area contributed by atoms with E-state index in [1.54, 1.807) is 6.92 Å². The second-order valence-corrected chi connectivity index (χ2v) is 11.4. The van der Waals surface area contributed by atoms with Crippen LogP contribution in [-0.2, 0) is 14.3 Å². The van der Waals surface area contributed by atoms with Gasteiger partial charge in [0.05, 0.1) is 23.4 Å². The Kier molecular flexibility index (Phi) is 19.2. The van der Waals surface area contributed by atoms with Crippen LogP contribution in [0.1, 0.15) is 87.1 Å². The molecule has 1 heterocycles. The quantitative estimate of drug-likeness (QED) is 0.138. The molecule has 2 amide bonds. The molecule has 4 N–H and O–H groups in total. The van der Waals surface area contributed by atoms with Gasteiger partial charge in [-0.05, 0) is 59.4 Å². The zero-order valence-electron chi connectivity index (χ0n) is 26.9. The zero-order valence-corrected chi connectivity index (χ0v) is 27.7. The van der Waals surface area contributed by atoms with Crippen molar-refractivity contribution in [1.29, 1.82) is 0 Å². The van der Waals surface area contributed by atoms with Gasteiger partial charge in [-0.2, -0.15) is 0 Å².